The van der Waals surface area contributed by atoms with Gasteiger partial charge < -0.3 is 26.6 Å². The standard InChI is InChI=1S/C29H32F3N7O2S/c1-3-39(4-2)15-14-34-23(40)13-12-22-24(25-26(33)35-17-36-27(25)42-22)18-8-10-20(11-9-18)37-28(41)38-21-7-5-6-19(16-21)29(30,31)32/h5-11,16-17H,3-4,12-15H2,1-2H3,(H,34,40)(H2,33,35,36)(H2,37,38,41). The molecule has 0 saturated carbocycles. The minimum atomic E-state index is -4.52. The Bertz CT molecular complexity index is 1540. The summed E-state index contributed by atoms with van der Waals surface area (Å²) in [5, 5.41) is 8.72. The van der Waals surface area contributed by atoms with Crippen molar-refractivity contribution in [1.29, 1.82) is 0 Å². The molecule has 0 spiro atoms. The van der Waals surface area contributed by atoms with Crippen molar-refractivity contribution in [3.63, 3.8) is 0 Å². The van der Waals surface area contributed by atoms with Gasteiger partial charge in [-0.2, -0.15) is 13.2 Å². The Hall–Kier alpha value is -4.23. The lowest BCUT2D eigenvalue weighted by Gasteiger charge is -2.17. The van der Waals surface area contributed by atoms with Crippen LogP contribution in [0, 0.1) is 0 Å². The molecule has 42 heavy (non-hydrogen) atoms. The van der Waals surface area contributed by atoms with E-state index in [1.807, 2.05) is 0 Å². The largest absolute Gasteiger partial charge is 0.416 e. The molecule has 4 rings (SSSR count). The molecular formula is C29H32F3N7O2S. The molecule has 2 heterocycles. The maximum Gasteiger partial charge on any atom is 0.416 e. The molecule has 0 aliphatic carbocycles. The molecule has 0 unspecified atom stereocenters. The molecule has 2 aromatic heterocycles. The first-order valence-corrected chi connectivity index (χ1v) is 14.3. The van der Waals surface area contributed by atoms with Gasteiger partial charge in [-0.3, -0.25) is 4.79 Å². The lowest BCUT2D eigenvalue weighted by molar-refractivity contribution is -0.137. The monoisotopic (exact) mass is 599 g/mol. The second kappa shape index (κ2) is 13.6. The number of urea groups is 1. The summed E-state index contributed by atoms with van der Waals surface area (Å²) in [6.07, 6.45) is -2.34. The van der Waals surface area contributed by atoms with Crippen molar-refractivity contribution in [1.82, 2.24) is 20.2 Å². The van der Waals surface area contributed by atoms with Crippen molar-refractivity contribution in [2.75, 3.05) is 42.5 Å². The van der Waals surface area contributed by atoms with E-state index < -0.39 is 17.8 Å². The number of carbonyl (C=O) groups excluding carboxylic acids is 2. The molecular weight excluding hydrogens is 567 g/mol. The lowest BCUT2D eigenvalue weighted by atomic mass is 10.0. The molecule has 13 heteroatoms. The number of thiophene rings is 1. The van der Waals surface area contributed by atoms with E-state index >= 15 is 0 Å². The topological polar surface area (TPSA) is 125 Å². The molecule has 2 aromatic carbocycles. The van der Waals surface area contributed by atoms with Gasteiger partial charge in [-0.1, -0.05) is 32.0 Å². The fourth-order valence-electron chi connectivity index (χ4n) is 4.48. The Morgan fingerprint density at radius 2 is 1.71 bits per heavy atom. The number of nitrogen functional groups attached to an aromatic ring is 1. The summed E-state index contributed by atoms with van der Waals surface area (Å²) in [5.41, 5.74) is 7.43. The lowest BCUT2D eigenvalue weighted by Crippen LogP contribution is -2.34. The molecule has 5 N–H and O–H groups in total. The number of likely N-dealkylation sites (N-methyl/N-ethyl adjacent to an activating group) is 1. The number of aryl methyl sites for hydroxylation is 1. The van der Waals surface area contributed by atoms with Crippen LogP contribution in [0.15, 0.2) is 54.9 Å². The maximum absolute atomic E-state index is 13.0. The average molecular weight is 600 g/mol. The first-order chi connectivity index (χ1) is 20.1. The number of nitrogens with zero attached hydrogens (tertiary/aromatic N) is 3. The molecule has 0 aliphatic rings. The van der Waals surface area contributed by atoms with Crippen LogP contribution in [0.2, 0.25) is 0 Å². The molecule has 222 valence electrons. The van der Waals surface area contributed by atoms with Gasteiger partial charge in [0, 0.05) is 41.3 Å². The van der Waals surface area contributed by atoms with Gasteiger partial charge in [0.1, 0.15) is 17.0 Å². The third kappa shape index (κ3) is 7.74. The van der Waals surface area contributed by atoms with Crippen LogP contribution < -0.4 is 21.7 Å². The third-order valence-corrected chi connectivity index (χ3v) is 7.85. The van der Waals surface area contributed by atoms with E-state index in [4.69, 9.17) is 5.73 Å². The van der Waals surface area contributed by atoms with Crippen LogP contribution >= 0.6 is 11.3 Å². The number of aromatic nitrogens is 2. The summed E-state index contributed by atoms with van der Waals surface area (Å²) in [7, 11) is 0. The number of hydrogen-bond acceptors (Lipinski definition) is 7. The predicted octanol–water partition coefficient (Wildman–Crippen LogP) is 5.99. The highest BCUT2D eigenvalue weighted by atomic mass is 32.1. The van der Waals surface area contributed by atoms with Gasteiger partial charge in [0.15, 0.2) is 0 Å². The van der Waals surface area contributed by atoms with Crippen LogP contribution in [-0.4, -0.2) is 53.0 Å². The Morgan fingerprint density at radius 3 is 2.40 bits per heavy atom. The van der Waals surface area contributed by atoms with E-state index in [0.29, 0.717) is 41.1 Å². The molecule has 0 fully saturated rings. The minimum absolute atomic E-state index is 0.0147. The van der Waals surface area contributed by atoms with Crippen molar-refractivity contribution in [3.8, 4) is 11.1 Å². The van der Waals surface area contributed by atoms with Crippen LogP contribution in [0.25, 0.3) is 21.3 Å². The second-order valence-corrected chi connectivity index (χ2v) is 10.5. The summed E-state index contributed by atoms with van der Waals surface area (Å²) < 4.78 is 38.9. The molecule has 0 radical (unpaired) electrons. The second-order valence-electron chi connectivity index (χ2n) is 9.45. The number of anilines is 3. The molecule has 0 aliphatic heterocycles. The Labute approximate surface area is 245 Å². The highest BCUT2D eigenvalue weighted by Gasteiger charge is 2.30. The quantitative estimate of drug-likeness (QED) is 0.168. The zero-order valence-corrected chi connectivity index (χ0v) is 24.0. The van der Waals surface area contributed by atoms with Gasteiger partial charge in [-0.15, -0.1) is 11.3 Å². The highest BCUT2D eigenvalue weighted by molar-refractivity contribution is 7.19. The van der Waals surface area contributed by atoms with Crippen molar-refractivity contribution in [3.05, 3.63) is 65.3 Å². The van der Waals surface area contributed by atoms with Crippen molar-refractivity contribution in [2.24, 2.45) is 0 Å². The molecule has 0 bridgehead atoms. The van der Waals surface area contributed by atoms with Gasteiger partial charge in [0.05, 0.1) is 10.9 Å². The number of halogens is 3. The van der Waals surface area contributed by atoms with Crippen LogP contribution in [0.5, 0.6) is 0 Å². The number of nitrogens with one attached hydrogen (secondary N) is 3. The molecule has 4 aromatic rings. The Kier molecular flexibility index (Phi) is 9.96. The van der Waals surface area contributed by atoms with Gasteiger partial charge >= 0.3 is 12.2 Å². The smallest absolute Gasteiger partial charge is 0.383 e. The van der Waals surface area contributed by atoms with Crippen LogP contribution in [0.3, 0.4) is 0 Å². The Morgan fingerprint density at radius 1 is 1.00 bits per heavy atom. The van der Waals surface area contributed by atoms with Crippen LogP contribution in [0.4, 0.5) is 35.2 Å². The first-order valence-electron chi connectivity index (χ1n) is 13.5. The number of hydrogen-bond donors (Lipinski definition) is 4. The fourth-order valence-corrected chi connectivity index (χ4v) is 5.65. The van der Waals surface area contributed by atoms with E-state index in [0.717, 1.165) is 47.8 Å². The SMILES string of the molecule is CCN(CC)CCNC(=O)CCc1sc2ncnc(N)c2c1-c1ccc(NC(=O)Nc2cccc(C(F)(F)F)c2)cc1. The highest BCUT2D eigenvalue weighted by Crippen LogP contribution is 2.41. The van der Waals surface area contributed by atoms with Gasteiger partial charge in [-0.25, -0.2) is 14.8 Å². The molecule has 9 nitrogen and oxygen atoms in total. The number of rotatable bonds is 11. The summed E-state index contributed by atoms with van der Waals surface area (Å²) in [6, 6.07) is 10.6. The van der Waals surface area contributed by atoms with E-state index in [9.17, 15) is 22.8 Å². The van der Waals surface area contributed by atoms with Crippen molar-refractivity contribution in [2.45, 2.75) is 32.9 Å². The normalized spacial score (nSPS) is 11.6. The molecule has 0 saturated heterocycles. The third-order valence-electron chi connectivity index (χ3n) is 6.69. The van der Waals surface area contributed by atoms with Gasteiger partial charge in [0.2, 0.25) is 5.91 Å². The van der Waals surface area contributed by atoms with Gasteiger partial charge in [0.25, 0.3) is 0 Å². The minimum Gasteiger partial charge on any atom is -0.383 e. The summed E-state index contributed by atoms with van der Waals surface area (Å²) >= 11 is 1.45. The number of alkyl halides is 3. The van der Waals surface area contributed by atoms with Gasteiger partial charge in [-0.05, 0) is 55.4 Å². The number of nitrogens with two attached hydrogens (primary N) is 1. The van der Waals surface area contributed by atoms with E-state index in [2.05, 4.69) is 44.7 Å². The first kappa shape index (κ1) is 30.7. The fraction of sp³-hybridized carbons (Fsp3) is 0.310. The molecule has 3 amide bonds. The summed E-state index contributed by atoms with van der Waals surface area (Å²) in [4.78, 5) is 37.4. The summed E-state index contributed by atoms with van der Waals surface area (Å²) in [6.45, 7) is 7.39. The van der Waals surface area contributed by atoms with E-state index in [-0.39, 0.29) is 11.6 Å². The molecule has 0 atom stereocenters. The van der Waals surface area contributed by atoms with Crippen molar-refractivity contribution >= 4 is 50.7 Å². The zero-order chi connectivity index (χ0) is 30.3. The van der Waals surface area contributed by atoms with Crippen LogP contribution in [0.1, 0.15) is 30.7 Å². The number of amides is 3. The number of carbonyl (C=O) groups is 2. The summed E-state index contributed by atoms with van der Waals surface area (Å²) in [5.74, 6) is 0.278. The number of fused-ring (bicyclic) bond motifs is 1. The van der Waals surface area contributed by atoms with E-state index in [1.165, 1.54) is 29.8 Å². The van der Waals surface area contributed by atoms with Crippen LogP contribution in [-0.2, 0) is 17.4 Å². The number of benzene rings is 2. The Balaban J connectivity index is 1.47. The maximum atomic E-state index is 13.0. The van der Waals surface area contributed by atoms with E-state index in [1.54, 1.807) is 24.3 Å². The zero-order valence-electron chi connectivity index (χ0n) is 23.2. The predicted molar refractivity (Wildman–Crippen MR) is 160 cm³/mol. The average Bonchev–Trinajstić information content (AvgIpc) is 3.34. The van der Waals surface area contributed by atoms with Crippen molar-refractivity contribution < 1.29 is 22.8 Å².